The number of hydrogen-bond donors (Lipinski definition) is 3. The molecule has 3 N–H and O–H groups in total. The van der Waals surface area contributed by atoms with Crippen molar-refractivity contribution in [3.05, 3.63) is 53.6 Å². The lowest BCUT2D eigenvalue weighted by atomic mass is 9.86. The minimum absolute atomic E-state index is 0. The average molecular weight is 393 g/mol. The summed E-state index contributed by atoms with van der Waals surface area (Å²) >= 11 is 0. The molecule has 0 fully saturated rings. The Labute approximate surface area is 167 Å². The zero-order valence-electron chi connectivity index (χ0n) is 16.3. The zero-order valence-corrected chi connectivity index (χ0v) is 17.1. The molecule has 1 heterocycles. The molecule has 0 aliphatic carbocycles. The van der Waals surface area contributed by atoms with Gasteiger partial charge in [-0.2, -0.15) is 0 Å². The number of hydrogen-bond acceptors (Lipinski definition) is 5. The van der Waals surface area contributed by atoms with E-state index < -0.39 is 11.7 Å². The minimum Gasteiger partial charge on any atom is -0.495 e. The third-order valence-corrected chi connectivity index (χ3v) is 4.96. The van der Waals surface area contributed by atoms with Gasteiger partial charge in [0.1, 0.15) is 23.2 Å². The van der Waals surface area contributed by atoms with E-state index in [1.165, 1.54) is 5.56 Å². The fraction of sp³-hybridized carbons (Fsp3) is 0.429. The molecular formula is C21H29ClN2O3. The molecule has 3 rings (SSSR count). The Kier molecular flexibility index (Phi) is 6.98. The van der Waals surface area contributed by atoms with Crippen LogP contribution in [0.3, 0.4) is 0 Å². The van der Waals surface area contributed by atoms with Crippen molar-refractivity contribution in [2.75, 3.05) is 26.0 Å². The second kappa shape index (κ2) is 8.83. The van der Waals surface area contributed by atoms with Crippen LogP contribution in [0.2, 0.25) is 0 Å². The molecule has 2 atom stereocenters. The molecule has 1 aliphatic heterocycles. The van der Waals surface area contributed by atoms with E-state index in [0.29, 0.717) is 0 Å². The van der Waals surface area contributed by atoms with E-state index in [0.717, 1.165) is 35.7 Å². The Bertz CT molecular complexity index is 753. The Morgan fingerprint density at radius 2 is 1.89 bits per heavy atom. The first kappa shape index (κ1) is 21.4. The molecule has 0 amide bonds. The van der Waals surface area contributed by atoms with Gasteiger partial charge >= 0.3 is 0 Å². The van der Waals surface area contributed by atoms with Crippen LogP contribution >= 0.6 is 12.4 Å². The predicted molar refractivity (Wildman–Crippen MR) is 111 cm³/mol. The number of aliphatic hydroxyl groups excluding tert-OH is 1. The largest absolute Gasteiger partial charge is 0.495 e. The van der Waals surface area contributed by atoms with Gasteiger partial charge in [-0.3, -0.25) is 0 Å². The topological polar surface area (TPSA) is 62.8 Å². The molecule has 0 saturated heterocycles. The third-order valence-electron chi connectivity index (χ3n) is 4.96. The molecule has 148 valence electrons. The van der Waals surface area contributed by atoms with E-state index in [1.54, 1.807) is 7.11 Å². The summed E-state index contributed by atoms with van der Waals surface area (Å²) in [6.45, 7) is 4.59. The van der Waals surface area contributed by atoms with Gasteiger partial charge in [-0.25, -0.2) is 0 Å². The van der Waals surface area contributed by atoms with Crippen molar-refractivity contribution in [2.45, 2.75) is 38.0 Å². The molecule has 6 heteroatoms. The molecule has 0 bridgehead atoms. The molecule has 27 heavy (non-hydrogen) atoms. The summed E-state index contributed by atoms with van der Waals surface area (Å²) < 4.78 is 11.6. The number of nitrogens with one attached hydrogen (secondary N) is 2. The average Bonchev–Trinajstić information content (AvgIpc) is 2.64. The molecule has 1 aliphatic rings. The van der Waals surface area contributed by atoms with Crippen LogP contribution in [0.15, 0.2) is 42.5 Å². The van der Waals surface area contributed by atoms with Crippen LogP contribution in [-0.2, 0) is 6.42 Å². The lowest BCUT2D eigenvalue weighted by molar-refractivity contribution is -0.0644. The maximum Gasteiger partial charge on any atom is 0.142 e. The SMILES string of the molecule is CNc1cc2c(cc1OC)[C@H](NCCc1ccccc1)C(O)C(C)(C)O2.Cl. The first-order valence-corrected chi connectivity index (χ1v) is 9.00. The molecule has 0 saturated carbocycles. The van der Waals surface area contributed by atoms with Crippen molar-refractivity contribution in [2.24, 2.45) is 0 Å². The molecule has 0 aromatic heterocycles. The Balaban J connectivity index is 0.00000261. The maximum atomic E-state index is 10.9. The van der Waals surface area contributed by atoms with E-state index in [2.05, 4.69) is 22.8 Å². The summed E-state index contributed by atoms with van der Waals surface area (Å²) in [5.74, 6) is 1.50. The number of anilines is 1. The van der Waals surface area contributed by atoms with Crippen LogP contribution in [0.4, 0.5) is 5.69 Å². The highest BCUT2D eigenvalue weighted by Gasteiger charge is 2.43. The van der Waals surface area contributed by atoms with Crippen molar-refractivity contribution in [3.63, 3.8) is 0 Å². The molecule has 2 aromatic carbocycles. The standard InChI is InChI=1S/C21H28N2O3.ClH/c1-21(2)20(24)19(23-11-10-14-8-6-5-7-9-14)15-12-18(25-4)16(22-3)13-17(15)26-21;/h5-9,12-13,19-20,22-24H,10-11H2,1-4H3;1H/t19-,20?;/m0./s1. The third kappa shape index (κ3) is 4.49. The van der Waals surface area contributed by atoms with E-state index in [1.807, 2.05) is 51.2 Å². The molecule has 5 nitrogen and oxygen atoms in total. The van der Waals surface area contributed by atoms with Gasteiger partial charge in [0.15, 0.2) is 0 Å². The Hall–Kier alpha value is -1.95. The van der Waals surface area contributed by atoms with Gasteiger partial charge in [-0.15, -0.1) is 12.4 Å². The molecule has 0 spiro atoms. The summed E-state index contributed by atoms with van der Waals surface area (Å²) in [5.41, 5.74) is 2.36. The predicted octanol–water partition coefficient (Wildman–Crippen LogP) is 3.56. The highest BCUT2D eigenvalue weighted by atomic mass is 35.5. The van der Waals surface area contributed by atoms with Crippen molar-refractivity contribution < 1.29 is 14.6 Å². The first-order valence-electron chi connectivity index (χ1n) is 9.00. The van der Waals surface area contributed by atoms with Crippen LogP contribution in [0, 0.1) is 0 Å². The van der Waals surface area contributed by atoms with Crippen LogP contribution in [0.5, 0.6) is 11.5 Å². The number of rotatable bonds is 6. The number of methoxy groups -OCH3 is 1. The normalized spacial score (nSPS) is 20.0. The molecule has 0 radical (unpaired) electrons. The number of halogens is 1. The van der Waals surface area contributed by atoms with Gasteiger partial charge in [-0.05, 0) is 38.4 Å². The Morgan fingerprint density at radius 3 is 2.52 bits per heavy atom. The van der Waals surface area contributed by atoms with Gasteiger partial charge in [0.05, 0.1) is 18.8 Å². The Morgan fingerprint density at radius 1 is 1.19 bits per heavy atom. The van der Waals surface area contributed by atoms with Crippen LogP contribution in [0.1, 0.15) is 31.0 Å². The van der Waals surface area contributed by atoms with Gasteiger partial charge in [0.25, 0.3) is 0 Å². The second-order valence-corrected chi connectivity index (χ2v) is 7.16. The number of aliphatic hydroxyl groups is 1. The lowest BCUT2D eigenvalue weighted by Gasteiger charge is -2.42. The maximum absolute atomic E-state index is 10.9. The van der Waals surface area contributed by atoms with E-state index in [9.17, 15) is 5.11 Å². The summed E-state index contributed by atoms with van der Waals surface area (Å²) in [6.07, 6.45) is 0.225. The van der Waals surface area contributed by atoms with Crippen molar-refractivity contribution >= 4 is 18.1 Å². The fourth-order valence-electron chi connectivity index (χ4n) is 3.42. The zero-order chi connectivity index (χ0) is 18.7. The van der Waals surface area contributed by atoms with E-state index in [-0.39, 0.29) is 18.4 Å². The summed E-state index contributed by atoms with van der Waals surface area (Å²) in [4.78, 5) is 0. The monoisotopic (exact) mass is 392 g/mol. The van der Waals surface area contributed by atoms with Crippen molar-refractivity contribution in [3.8, 4) is 11.5 Å². The number of benzene rings is 2. The minimum atomic E-state index is -0.684. The van der Waals surface area contributed by atoms with E-state index in [4.69, 9.17) is 9.47 Å². The van der Waals surface area contributed by atoms with Crippen molar-refractivity contribution in [1.29, 1.82) is 0 Å². The number of ether oxygens (including phenoxy) is 2. The fourth-order valence-corrected chi connectivity index (χ4v) is 3.42. The van der Waals surface area contributed by atoms with Crippen molar-refractivity contribution in [1.82, 2.24) is 5.32 Å². The highest BCUT2D eigenvalue weighted by molar-refractivity contribution is 5.85. The molecule has 2 aromatic rings. The van der Waals surface area contributed by atoms with Crippen LogP contribution in [0.25, 0.3) is 0 Å². The quantitative estimate of drug-likeness (QED) is 0.701. The van der Waals surface area contributed by atoms with Gasteiger partial charge < -0.3 is 25.2 Å². The second-order valence-electron chi connectivity index (χ2n) is 7.16. The number of fused-ring (bicyclic) bond motifs is 1. The summed E-state index contributed by atoms with van der Waals surface area (Å²) in [6, 6.07) is 14.0. The van der Waals surface area contributed by atoms with Gasteiger partial charge in [0.2, 0.25) is 0 Å². The summed E-state index contributed by atoms with van der Waals surface area (Å²) in [7, 11) is 3.49. The van der Waals surface area contributed by atoms with Crippen LogP contribution in [-0.4, -0.2) is 37.5 Å². The highest BCUT2D eigenvalue weighted by Crippen LogP contribution is 2.44. The first-order chi connectivity index (χ1) is 12.5. The van der Waals surface area contributed by atoms with Gasteiger partial charge in [-0.1, -0.05) is 30.3 Å². The lowest BCUT2D eigenvalue weighted by Crippen LogP contribution is -2.52. The molecular weight excluding hydrogens is 364 g/mol. The van der Waals surface area contributed by atoms with E-state index >= 15 is 0 Å². The smallest absolute Gasteiger partial charge is 0.142 e. The van der Waals surface area contributed by atoms with Crippen LogP contribution < -0.4 is 20.1 Å². The van der Waals surface area contributed by atoms with Gasteiger partial charge in [0, 0.05) is 18.7 Å². The summed E-state index contributed by atoms with van der Waals surface area (Å²) in [5, 5.41) is 17.5. The molecule has 1 unspecified atom stereocenters.